The number of imidazole rings is 1. The molecule has 0 spiro atoms. The molecule has 3 heterocycles. The number of amides is 1. The van der Waals surface area contributed by atoms with Crippen molar-refractivity contribution >= 4 is 22.8 Å². The van der Waals surface area contributed by atoms with Gasteiger partial charge in [-0.3, -0.25) is 9.20 Å². The van der Waals surface area contributed by atoms with Gasteiger partial charge in [0.15, 0.2) is 0 Å². The van der Waals surface area contributed by atoms with E-state index in [1.165, 1.54) is 18.2 Å². The Labute approximate surface area is 222 Å². The summed E-state index contributed by atoms with van der Waals surface area (Å²) in [5.41, 5.74) is 5.64. The molecule has 6 nitrogen and oxygen atoms in total. The van der Waals surface area contributed by atoms with Crippen LogP contribution in [0.25, 0.3) is 11.2 Å². The standard InChI is InChI=1S/C29H26F4N4O2/c1-18-9-14-37-26(15-18)35-19(2)27(37)28(38)34-17-20-3-8-25(24(30)16-20)36-12-10-22(11-13-36)21-4-6-23(7-5-21)39-29(31,32)33/h3-10,14-16H,11-13,17H2,1-2H3,(H,34,38). The number of carbonyl (C=O) groups excluding carboxylic acids is 1. The lowest BCUT2D eigenvalue weighted by molar-refractivity contribution is -0.274. The van der Waals surface area contributed by atoms with E-state index < -0.39 is 12.2 Å². The zero-order chi connectivity index (χ0) is 27.7. The van der Waals surface area contributed by atoms with Gasteiger partial charge in [-0.05, 0) is 78.9 Å². The maximum Gasteiger partial charge on any atom is 0.573 e. The van der Waals surface area contributed by atoms with Crippen LogP contribution in [0.1, 0.15) is 39.3 Å². The Morgan fingerprint density at radius 3 is 2.51 bits per heavy atom. The Balaban J connectivity index is 1.21. The number of halogens is 4. The third kappa shape index (κ3) is 5.89. The first-order valence-corrected chi connectivity index (χ1v) is 12.4. The van der Waals surface area contributed by atoms with E-state index in [0.717, 1.165) is 16.7 Å². The monoisotopic (exact) mass is 538 g/mol. The van der Waals surface area contributed by atoms with Crippen molar-refractivity contribution in [1.29, 1.82) is 0 Å². The van der Waals surface area contributed by atoms with Gasteiger partial charge in [-0.15, -0.1) is 13.2 Å². The Bertz CT molecular complexity index is 1560. The summed E-state index contributed by atoms with van der Waals surface area (Å²) >= 11 is 0. The molecule has 1 aliphatic rings. The number of hydrogen-bond acceptors (Lipinski definition) is 4. The fourth-order valence-electron chi connectivity index (χ4n) is 4.74. The number of aromatic nitrogens is 2. The number of rotatable bonds is 6. The molecule has 1 aliphatic heterocycles. The van der Waals surface area contributed by atoms with E-state index in [0.29, 0.717) is 47.8 Å². The second-order valence-electron chi connectivity index (χ2n) is 9.44. The summed E-state index contributed by atoms with van der Waals surface area (Å²) in [7, 11) is 0. The molecule has 4 aromatic rings. The SMILES string of the molecule is Cc1ccn2c(C(=O)NCc3ccc(N4CC=C(c5ccc(OC(F)(F)F)cc5)CC4)c(F)c3)c(C)nc2c1. The van der Waals surface area contributed by atoms with E-state index in [4.69, 9.17) is 0 Å². The number of pyridine rings is 1. The molecule has 0 fully saturated rings. The van der Waals surface area contributed by atoms with Crippen LogP contribution in [-0.2, 0) is 6.54 Å². The van der Waals surface area contributed by atoms with Crippen LogP contribution in [0.15, 0.2) is 66.9 Å². The molecule has 39 heavy (non-hydrogen) atoms. The Hall–Kier alpha value is -4.34. The molecule has 1 N–H and O–H groups in total. The molecular weight excluding hydrogens is 512 g/mol. The summed E-state index contributed by atoms with van der Waals surface area (Å²) in [6.07, 6.45) is -0.375. The van der Waals surface area contributed by atoms with E-state index in [9.17, 15) is 18.0 Å². The van der Waals surface area contributed by atoms with Gasteiger partial charge in [-0.2, -0.15) is 0 Å². The molecule has 0 atom stereocenters. The Kier molecular flexibility index (Phi) is 7.03. The first kappa shape index (κ1) is 26.3. The summed E-state index contributed by atoms with van der Waals surface area (Å²) in [6, 6.07) is 14.4. The summed E-state index contributed by atoms with van der Waals surface area (Å²) in [5, 5.41) is 2.85. The zero-order valence-corrected chi connectivity index (χ0v) is 21.3. The van der Waals surface area contributed by atoms with Crippen molar-refractivity contribution < 1.29 is 27.1 Å². The van der Waals surface area contributed by atoms with Gasteiger partial charge in [0.05, 0.1) is 11.4 Å². The molecule has 0 unspecified atom stereocenters. The summed E-state index contributed by atoms with van der Waals surface area (Å²) < 4.78 is 57.8. The van der Waals surface area contributed by atoms with Crippen LogP contribution in [0.2, 0.25) is 0 Å². The fourth-order valence-corrected chi connectivity index (χ4v) is 4.74. The second-order valence-corrected chi connectivity index (χ2v) is 9.44. The minimum absolute atomic E-state index is 0.159. The third-order valence-corrected chi connectivity index (χ3v) is 6.64. The molecule has 2 aromatic carbocycles. The zero-order valence-electron chi connectivity index (χ0n) is 21.3. The number of fused-ring (bicyclic) bond motifs is 1. The normalized spacial score (nSPS) is 13.9. The van der Waals surface area contributed by atoms with Crippen molar-refractivity contribution in [1.82, 2.24) is 14.7 Å². The molecular formula is C29H26F4N4O2. The van der Waals surface area contributed by atoms with Crippen molar-refractivity contribution in [2.24, 2.45) is 0 Å². The van der Waals surface area contributed by atoms with Gasteiger partial charge >= 0.3 is 6.36 Å². The minimum atomic E-state index is -4.73. The smallest absolute Gasteiger partial charge is 0.406 e. The van der Waals surface area contributed by atoms with Crippen LogP contribution >= 0.6 is 0 Å². The van der Waals surface area contributed by atoms with E-state index in [-0.39, 0.29) is 18.2 Å². The Morgan fingerprint density at radius 2 is 1.85 bits per heavy atom. The quantitative estimate of drug-likeness (QED) is 0.297. The molecule has 0 saturated heterocycles. The number of carbonyl (C=O) groups is 1. The number of hydrogen-bond donors (Lipinski definition) is 1. The van der Waals surface area contributed by atoms with Crippen LogP contribution in [0.4, 0.5) is 23.2 Å². The number of nitrogens with one attached hydrogen (secondary N) is 1. The molecule has 0 bridgehead atoms. The maximum atomic E-state index is 15.0. The first-order chi connectivity index (χ1) is 18.6. The van der Waals surface area contributed by atoms with Crippen LogP contribution in [0.5, 0.6) is 5.75 Å². The van der Waals surface area contributed by atoms with Crippen LogP contribution in [0, 0.1) is 19.7 Å². The van der Waals surface area contributed by atoms with E-state index >= 15 is 4.39 Å². The average Bonchev–Trinajstić information content (AvgIpc) is 3.22. The predicted octanol–water partition coefficient (Wildman–Crippen LogP) is 6.21. The number of aryl methyl sites for hydroxylation is 2. The summed E-state index contributed by atoms with van der Waals surface area (Å²) in [6.45, 7) is 4.90. The third-order valence-electron chi connectivity index (χ3n) is 6.64. The molecule has 10 heteroatoms. The van der Waals surface area contributed by atoms with Gasteiger partial charge in [-0.25, -0.2) is 9.37 Å². The van der Waals surface area contributed by atoms with Crippen molar-refractivity contribution in [3.05, 3.63) is 101 Å². The van der Waals surface area contributed by atoms with Gasteiger partial charge in [-0.1, -0.05) is 24.3 Å². The highest BCUT2D eigenvalue weighted by molar-refractivity contribution is 5.94. The lowest BCUT2D eigenvalue weighted by Crippen LogP contribution is -2.29. The summed E-state index contributed by atoms with van der Waals surface area (Å²) in [4.78, 5) is 19.2. The van der Waals surface area contributed by atoms with Gasteiger partial charge in [0.25, 0.3) is 5.91 Å². The molecule has 0 radical (unpaired) electrons. The fraction of sp³-hybridized carbons (Fsp3) is 0.241. The maximum absolute atomic E-state index is 15.0. The number of benzene rings is 2. The lowest BCUT2D eigenvalue weighted by Gasteiger charge is -2.29. The first-order valence-electron chi connectivity index (χ1n) is 12.4. The van der Waals surface area contributed by atoms with Gasteiger partial charge in [0.2, 0.25) is 0 Å². The number of ether oxygens (including phenoxy) is 1. The van der Waals surface area contributed by atoms with Gasteiger partial charge in [0, 0.05) is 25.8 Å². The number of alkyl halides is 3. The highest BCUT2D eigenvalue weighted by atomic mass is 19.4. The lowest BCUT2D eigenvalue weighted by atomic mass is 9.99. The average molecular weight is 539 g/mol. The van der Waals surface area contributed by atoms with E-state index in [2.05, 4.69) is 15.0 Å². The molecule has 0 aliphatic carbocycles. The topological polar surface area (TPSA) is 58.9 Å². The van der Waals surface area contributed by atoms with Gasteiger partial charge < -0.3 is 15.0 Å². The highest BCUT2D eigenvalue weighted by Crippen LogP contribution is 2.30. The predicted molar refractivity (Wildman–Crippen MR) is 140 cm³/mol. The summed E-state index contributed by atoms with van der Waals surface area (Å²) in [5.74, 6) is -0.958. The molecule has 5 rings (SSSR count). The van der Waals surface area contributed by atoms with E-state index in [1.54, 1.807) is 35.6 Å². The largest absolute Gasteiger partial charge is 0.573 e. The van der Waals surface area contributed by atoms with E-state index in [1.807, 2.05) is 36.2 Å². The highest BCUT2D eigenvalue weighted by Gasteiger charge is 2.31. The van der Waals surface area contributed by atoms with Crippen LogP contribution < -0.4 is 15.0 Å². The van der Waals surface area contributed by atoms with Crippen LogP contribution in [-0.4, -0.2) is 34.7 Å². The van der Waals surface area contributed by atoms with Crippen molar-refractivity contribution in [2.75, 3.05) is 18.0 Å². The number of nitrogens with zero attached hydrogens (tertiary/aromatic N) is 3. The molecule has 2 aromatic heterocycles. The van der Waals surface area contributed by atoms with Crippen molar-refractivity contribution in [3.63, 3.8) is 0 Å². The molecule has 1 amide bonds. The molecule has 0 saturated carbocycles. The van der Waals surface area contributed by atoms with Crippen LogP contribution in [0.3, 0.4) is 0 Å². The Morgan fingerprint density at radius 1 is 1.08 bits per heavy atom. The van der Waals surface area contributed by atoms with Crippen molar-refractivity contribution in [3.8, 4) is 5.75 Å². The number of anilines is 1. The van der Waals surface area contributed by atoms with Gasteiger partial charge in [0.1, 0.15) is 22.9 Å². The molecule has 202 valence electrons. The minimum Gasteiger partial charge on any atom is -0.406 e. The van der Waals surface area contributed by atoms with Crippen molar-refractivity contribution in [2.45, 2.75) is 33.2 Å². The second kappa shape index (κ2) is 10.4.